The van der Waals surface area contributed by atoms with Crippen LogP contribution in [0.5, 0.6) is 0 Å². The third-order valence-electron chi connectivity index (χ3n) is 1.49. The number of aliphatic hydroxyl groups excluding tert-OH is 2. The SMILES string of the molecule is OCC1=C(O)CNCC1.[Nb]. The van der Waals surface area contributed by atoms with Crippen LogP contribution in [0.25, 0.3) is 0 Å². The maximum absolute atomic E-state index is 9.03. The minimum Gasteiger partial charge on any atom is -0.511 e. The van der Waals surface area contributed by atoms with Gasteiger partial charge in [-0.2, -0.15) is 0 Å². The van der Waals surface area contributed by atoms with Crippen molar-refractivity contribution in [3.8, 4) is 0 Å². The summed E-state index contributed by atoms with van der Waals surface area (Å²) < 4.78 is 0. The maximum atomic E-state index is 9.03. The Hall–Kier alpha value is 0.200. The van der Waals surface area contributed by atoms with Crippen molar-refractivity contribution in [2.24, 2.45) is 0 Å². The molecular formula is C6H11NNbO2. The summed E-state index contributed by atoms with van der Waals surface area (Å²) in [6.45, 7) is 1.36. The Bertz CT molecular complexity index is 136. The van der Waals surface area contributed by atoms with Crippen LogP contribution in [0, 0.1) is 0 Å². The molecule has 1 radical (unpaired) electrons. The average Bonchev–Trinajstić information content (AvgIpc) is 1.89. The first-order valence-electron chi connectivity index (χ1n) is 3.06. The molecule has 0 saturated heterocycles. The van der Waals surface area contributed by atoms with E-state index in [1.165, 1.54) is 0 Å². The van der Waals surface area contributed by atoms with E-state index in [-0.39, 0.29) is 29.0 Å². The molecule has 0 aromatic carbocycles. The van der Waals surface area contributed by atoms with Gasteiger partial charge in [-0.25, -0.2) is 0 Å². The zero-order valence-corrected chi connectivity index (χ0v) is 7.87. The van der Waals surface area contributed by atoms with Crippen LogP contribution in [0.2, 0.25) is 0 Å². The predicted molar refractivity (Wildman–Crippen MR) is 34.2 cm³/mol. The molecule has 0 aliphatic carbocycles. The number of aliphatic hydroxyl groups is 2. The van der Waals surface area contributed by atoms with Crippen LogP contribution in [0.1, 0.15) is 6.42 Å². The zero-order chi connectivity index (χ0) is 6.69. The minimum atomic E-state index is -0.00644. The van der Waals surface area contributed by atoms with Crippen molar-refractivity contribution < 1.29 is 32.6 Å². The monoisotopic (exact) mass is 222 g/mol. The second-order valence-electron chi connectivity index (χ2n) is 2.14. The van der Waals surface area contributed by atoms with E-state index in [2.05, 4.69) is 5.32 Å². The van der Waals surface area contributed by atoms with Crippen molar-refractivity contribution in [2.45, 2.75) is 6.42 Å². The van der Waals surface area contributed by atoms with Crippen molar-refractivity contribution in [1.29, 1.82) is 0 Å². The van der Waals surface area contributed by atoms with E-state index in [0.717, 1.165) is 18.5 Å². The molecule has 0 aromatic heterocycles. The van der Waals surface area contributed by atoms with Gasteiger partial charge in [0.2, 0.25) is 0 Å². The van der Waals surface area contributed by atoms with E-state index in [1.807, 2.05) is 0 Å². The molecule has 0 spiro atoms. The normalized spacial score (nSPS) is 18.5. The van der Waals surface area contributed by atoms with Crippen LogP contribution in [0.15, 0.2) is 11.3 Å². The summed E-state index contributed by atoms with van der Waals surface area (Å²) in [5, 5.41) is 20.6. The van der Waals surface area contributed by atoms with Gasteiger partial charge in [-0.1, -0.05) is 0 Å². The fraction of sp³-hybridized carbons (Fsp3) is 0.667. The van der Waals surface area contributed by atoms with Crippen molar-refractivity contribution in [3.63, 3.8) is 0 Å². The third-order valence-corrected chi connectivity index (χ3v) is 1.49. The molecule has 0 aromatic rings. The van der Waals surface area contributed by atoms with Gasteiger partial charge in [0.05, 0.1) is 13.2 Å². The molecule has 0 saturated carbocycles. The first kappa shape index (κ1) is 10.2. The van der Waals surface area contributed by atoms with Crippen LogP contribution >= 0.6 is 0 Å². The van der Waals surface area contributed by atoms with Gasteiger partial charge in [0.1, 0.15) is 5.76 Å². The average molecular weight is 222 g/mol. The molecule has 3 N–H and O–H groups in total. The summed E-state index contributed by atoms with van der Waals surface area (Å²) in [6, 6.07) is 0. The molecule has 1 rings (SSSR count). The Labute approximate surface area is 75.6 Å². The minimum absolute atomic E-state index is 0. The van der Waals surface area contributed by atoms with Crippen molar-refractivity contribution >= 4 is 0 Å². The molecule has 1 aliphatic heterocycles. The van der Waals surface area contributed by atoms with E-state index >= 15 is 0 Å². The smallest absolute Gasteiger partial charge is 0.108 e. The van der Waals surface area contributed by atoms with Gasteiger partial charge in [-0.3, -0.25) is 0 Å². The topological polar surface area (TPSA) is 52.5 Å². The molecule has 0 bridgehead atoms. The molecular weight excluding hydrogens is 211 g/mol. The molecule has 10 heavy (non-hydrogen) atoms. The number of hydrogen-bond acceptors (Lipinski definition) is 3. The molecule has 0 unspecified atom stereocenters. The molecule has 3 nitrogen and oxygen atoms in total. The summed E-state index contributed by atoms with van der Waals surface area (Å²) >= 11 is 0. The van der Waals surface area contributed by atoms with Gasteiger partial charge < -0.3 is 15.5 Å². The summed E-state index contributed by atoms with van der Waals surface area (Å²) in [4.78, 5) is 0. The Morgan fingerprint density at radius 2 is 2.20 bits per heavy atom. The van der Waals surface area contributed by atoms with Crippen LogP contribution < -0.4 is 5.32 Å². The molecule has 4 heteroatoms. The van der Waals surface area contributed by atoms with Crippen molar-refractivity contribution in [2.75, 3.05) is 19.7 Å². The first-order valence-corrected chi connectivity index (χ1v) is 3.06. The van der Waals surface area contributed by atoms with Crippen LogP contribution in [0.4, 0.5) is 0 Å². The fourth-order valence-electron chi connectivity index (χ4n) is 0.886. The quantitative estimate of drug-likeness (QED) is 0.538. The largest absolute Gasteiger partial charge is 0.511 e. The predicted octanol–water partition coefficient (Wildman–Crippen LogP) is -0.218. The maximum Gasteiger partial charge on any atom is 0.108 e. The van der Waals surface area contributed by atoms with E-state index in [9.17, 15) is 0 Å². The van der Waals surface area contributed by atoms with E-state index < -0.39 is 0 Å². The summed E-state index contributed by atoms with van der Waals surface area (Å²) in [5.74, 6) is 0.309. The van der Waals surface area contributed by atoms with Crippen molar-refractivity contribution in [3.05, 3.63) is 11.3 Å². The fourth-order valence-corrected chi connectivity index (χ4v) is 0.886. The molecule has 0 atom stereocenters. The van der Waals surface area contributed by atoms with E-state index in [0.29, 0.717) is 12.3 Å². The number of rotatable bonds is 1. The van der Waals surface area contributed by atoms with E-state index in [4.69, 9.17) is 10.2 Å². The Morgan fingerprint density at radius 1 is 1.50 bits per heavy atom. The summed E-state index contributed by atoms with van der Waals surface area (Å²) in [6.07, 6.45) is 0.766. The zero-order valence-electron chi connectivity index (χ0n) is 5.67. The second kappa shape index (κ2) is 4.93. The molecule has 57 valence electrons. The molecule has 0 amide bonds. The Morgan fingerprint density at radius 3 is 2.60 bits per heavy atom. The van der Waals surface area contributed by atoms with Gasteiger partial charge in [0.15, 0.2) is 0 Å². The van der Waals surface area contributed by atoms with Gasteiger partial charge >= 0.3 is 0 Å². The van der Waals surface area contributed by atoms with E-state index in [1.54, 1.807) is 0 Å². The third kappa shape index (κ3) is 2.44. The van der Waals surface area contributed by atoms with Gasteiger partial charge in [0.25, 0.3) is 0 Å². The molecule has 1 aliphatic rings. The molecule has 1 heterocycles. The van der Waals surface area contributed by atoms with Gasteiger partial charge in [-0.05, 0) is 18.5 Å². The molecule has 0 fully saturated rings. The number of hydrogen-bond donors (Lipinski definition) is 3. The summed E-state index contributed by atoms with van der Waals surface area (Å²) in [5.41, 5.74) is 0.772. The second-order valence-corrected chi connectivity index (χ2v) is 2.14. The number of nitrogens with one attached hydrogen (secondary N) is 1. The Balaban J connectivity index is 0.000000810. The summed E-state index contributed by atoms with van der Waals surface area (Å²) in [7, 11) is 0. The first-order chi connectivity index (χ1) is 4.34. The van der Waals surface area contributed by atoms with Crippen molar-refractivity contribution in [1.82, 2.24) is 5.32 Å². The van der Waals surface area contributed by atoms with Crippen LogP contribution in [0.3, 0.4) is 0 Å². The Kier molecular flexibility index (Phi) is 5.03. The van der Waals surface area contributed by atoms with Crippen LogP contribution in [-0.2, 0) is 22.4 Å². The van der Waals surface area contributed by atoms with Gasteiger partial charge in [-0.15, -0.1) is 0 Å². The van der Waals surface area contributed by atoms with Crippen LogP contribution in [-0.4, -0.2) is 29.9 Å². The van der Waals surface area contributed by atoms with Gasteiger partial charge in [0, 0.05) is 22.4 Å². The standard InChI is InChI=1S/C6H11NO2.Nb/c8-4-5-1-2-7-3-6(5)9;/h7-9H,1-4H2;.